The summed E-state index contributed by atoms with van der Waals surface area (Å²) in [5.41, 5.74) is 2.97. The number of hydrogen-bond donors (Lipinski definition) is 1. The lowest BCUT2D eigenvalue weighted by Gasteiger charge is -2.26. The van der Waals surface area contributed by atoms with Crippen LogP contribution < -0.4 is 19.1 Å². The zero-order valence-electron chi connectivity index (χ0n) is 22.3. The molecular formula is C29H33N3O6S. The van der Waals surface area contributed by atoms with Crippen LogP contribution in [-0.4, -0.2) is 52.4 Å². The van der Waals surface area contributed by atoms with E-state index in [1.54, 1.807) is 24.3 Å². The molecule has 0 spiro atoms. The molecule has 1 N–H and O–H groups in total. The second-order valence-electron chi connectivity index (χ2n) is 9.37. The fourth-order valence-electron chi connectivity index (χ4n) is 4.37. The first kappa shape index (κ1) is 28.0. The minimum Gasteiger partial charge on any atom is -0.497 e. The highest BCUT2D eigenvalue weighted by Crippen LogP contribution is 2.35. The summed E-state index contributed by atoms with van der Waals surface area (Å²) in [7, 11) is -1.21. The lowest BCUT2D eigenvalue weighted by atomic mass is 10.1. The molecule has 1 aliphatic heterocycles. The Morgan fingerprint density at radius 2 is 1.67 bits per heavy atom. The fourth-order valence-corrected chi connectivity index (χ4v) is 5.79. The van der Waals surface area contributed by atoms with E-state index in [-0.39, 0.29) is 28.8 Å². The minimum atomic E-state index is -4.12. The van der Waals surface area contributed by atoms with Crippen molar-refractivity contribution in [3.63, 3.8) is 0 Å². The van der Waals surface area contributed by atoms with Gasteiger partial charge in [-0.3, -0.25) is 13.9 Å². The predicted molar refractivity (Wildman–Crippen MR) is 148 cm³/mol. The van der Waals surface area contributed by atoms with Gasteiger partial charge in [0.2, 0.25) is 11.8 Å². The van der Waals surface area contributed by atoms with Crippen LogP contribution in [0.2, 0.25) is 0 Å². The van der Waals surface area contributed by atoms with E-state index in [1.807, 2.05) is 36.1 Å². The number of ether oxygens (including phenoxy) is 2. The topological polar surface area (TPSA) is 105 Å². The quantitative estimate of drug-likeness (QED) is 0.390. The number of hydrogen-bond acceptors (Lipinski definition) is 6. The Hall–Kier alpha value is -4.05. The largest absolute Gasteiger partial charge is 0.497 e. The minimum absolute atomic E-state index is 0.0536. The van der Waals surface area contributed by atoms with Crippen LogP contribution in [0.3, 0.4) is 0 Å². The number of rotatable bonds is 11. The zero-order valence-corrected chi connectivity index (χ0v) is 23.2. The Morgan fingerprint density at radius 3 is 2.28 bits per heavy atom. The number of likely N-dealkylation sites (tertiary alicyclic amines) is 1. The van der Waals surface area contributed by atoms with Crippen molar-refractivity contribution < 1.29 is 27.5 Å². The van der Waals surface area contributed by atoms with Gasteiger partial charge in [0, 0.05) is 32.1 Å². The third-order valence-corrected chi connectivity index (χ3v) is 8.38. The first-order valence-corrected chi connectivity index (χ1v) is 14.1. The second-order valence-corrected chi connectivity index (χ2v) is 11.2. The van der Waals surface area contributed by atoms with E-state index in [2.05, 4.69) is 5.32 Å². The van der Waals surface area contributed by atoms with Crippen molar-refractivity contribution >= 4 is 27.5 Å². The van der Waals surface area contributed by atoms with E-state index >= 15 is 0 Å². The van der Waals surface area contributed by atoms with Crippen LogP contribution in [-0.2, 0) is 32.7 Å². The molecule has 1 saturated heterocycles. The molecule has 0 bridgehead atoms. The van der Waals surface area contributed by atoms with Gasteiger partial charge in [-0.25, -0.2) is 8.42 Å². The monoisotopic (exact) mass is 551 g/mol. The van der Waals surface area contributed by atoms with E-state index in [0.717, 1.165) is 34.0 Å². The molecule has 0 unspecified atom stereocenters. The van der Waals surface area contributed by atoms with Gasteiger partial charge in [-0.05, 0) is 48.7 Å². The second kappa shape index (κ2) is 12.2. The number of sulfonamides is 1. The fraction of sp³-hybridized carbons (Fsp3) is 0.310. The Bertz CT molecular complexity index is 1420. The molecule has 4 rings (SSSR count). The average molecular weight is 552 g/mol. The molecule has 1 fully saturated rings. The van der Waals surface area contributed by atoms with Gasteiger partial charge >= 0.3 is 0 Å². The summed E-state index contributed by atoms with van der Waals surface area (Å²) >= 11 is 0. The third-order valence-electron chi connectivity index (χ3n) is 6.61. The highest BCUT2D eigenvalue weighted by Gasteiger charge is 2.30. The summed E-state index contributed by atoms with van der Waals surface area (Å²) < 4.78 is 39.3. The summed E-state index contributed by atoms with van der Waals surface area (Å²) in [5.74, 6) is 0.392. The number of amides is 2. The standard InChI is InChI=1S/C29H33N3O6S/c1-21-6-13-25(14-7-21)39(35,36)32(26-17-24(37-2)12-15-27(26)38-3)20-28(33)30-18-22-8-10-23(11-9-22)19-31-16-4-5-29(31)34/h6-15,17H,4-5,16,18-20H2,1-3H3,(H,30,33). The Labute approximate surface area is 229 Å². The molecule has 1 aliphatic rings. The molecule has 0 atom stereocenters. The first-order chi connectivity index (χ1) is 18.7. The molecular weight excluding hydrogens is 518 g/mol. The van der Waals surface area contributed by atoms with Crippen molar-refractivity contribution in [2.24, 2.45) is 0 Å². The smallest absolute Gasteiger partial charge is 0.264 e. The predicted octanol–water partition coefficient (Wildman–Crippen LogP) is 3.65. The first-order valence-electron chi connectivity index (χ1n) is 12.6. The number of nitrogens with one attached hydrogen (secondary N) is 1. The van der Waals surface area contributed by atoms with E-state index < -0.39 is 22.5 Å². The van der Waals surface area contributed by atoms with Crippen LogP contribution in [0, 0.1) is 6.92 Å². The molecule has 3 aromatic carbocycles. The van der Waals surface area contributed by atoms with Gasteiger partial charge < -0.3 is 19.7 Å². The number of aryl methyl sites for hydroxylation is 1. The number of methoxy groups -OCH3 is 2. The molecule has 9 nitrogen and oxygen atoms in total. The molecule has 0 aromatic heterocycles. The highest BCUT2D eigenvalue weighted by molar-refractivity contribution is 7.92. The Balaban J connectivity index is 1.52. The molecule has 1 heterocycles. The molecule has 0 radical (unpaired) electrons. The lowest BCUT2D eigenvalue weighted by Crippen LogP contribution is -2.40. The SMILES string of the molecule is COc1ccc(OC)c(N(CC(=O)NCc2ccc(CN3CCCC3=O)cc2)S(=O)(=O)c2ccc(C)cc2)c1. The van der Waals surface area contributed by atoms with E-state index in [9.17, 15) is 18.0 Å². The maximum absolute atomic E-state index is 13.7. The van der Waals surface area contributed by atoms with Gasteiger partial charge in [0.1, 0.15) is 18.0 Å². The number of anilines is 1. The van der Waals surface area contributed by atoms with Crippen molar-refractivity contribution in [1.29, 1.82) is 0 Å². The summed E-state index contributed by atoms with van der Waals surface area (Å²) in [4.78, 5) is 26.9. The van der Waals surface area contributed by atoms with Gasteiger partial charge in [-0.15, -0.1) is 0 Å². The van der Waals surface area contributed by atoms with Crippen LogP contribution in [0.4, 0.5) is 5.69 Å². The van der Waals surface area contributed by atoms with Gasteiger partial charge in [0.05, 0.1) is 24.8 Å². The third kappa shape index (κ3) is 6.69. The normalized spacial score (nSPS) is 13.3. The van der Waals surface area contributed by atoms with Crippen molar-refractivity contribution in [2.45, 2.75) is 37.8 Å². The molecule has 206 valence electrons. The van der Waals surface area contributed by atoms with Crippen LogP contribution >= 0.6 is 0 Å². The van der Waals surface area contributed by atoms with E-state index in [0.29, 0.717) is 18.7 Å². The summed E-state index contributed by atoms with van der Waals surface area (Å²) in [6.45, 7) is 2.96. The summed E-state index contributed by atoms with van der Waals surface area (Å²) in [6.07, 6.45) is 1.49. The Kier molecular flexibility index (Phi) is 8.75. The highest BCUT2D eigenvalue weighted by atomic mass is 32.2. The maximum Gasteiger partial charge on any atom is 0.264 e. The van der Waals surface area contributed by atoms with Crippen LogP contribution in [0.15, 0.2) is 71.6 Å². The molecule has 2 amide bonds. The van der Waals surface area contributed by atoms with Crippen LogP contribution in [0.25, 0.3) is 0 Å². The maximum atomic E-state index is 13.7. The zero-order chi connectivity index (χ0) is 28.0. The van der Waals surface area contributed by atoms with Gasteiger partial charge in [-0.2, -0.15) is 0 Å². The molecule has 0 saturated carbocycles. The molecule has 3 aromatic rings. The van der Waals surface area contributed by atoms with Crippen LogP contribution in [0.5, 0.6) is 11.5 Å². The van der Waals surface area contributed by atoms with Gasteiger partial charge in [0.25, 0.3) is 10.0 Å². The van der Waals surface area contributed by atoms with Gasteiger partial charge in [-0.1, -0.05) is 42.0 Å². The molecule has 10 heteroatoms. The summed E-state index contributed by atoms with van der Waals surface area (Å²) in [6, 6.07) is 18.9. The average Bonchev–Trinajstić information content (AvgIpc) is 3.35. The van der Waals surface area contributed by atoms with E-state index in [4.69, 9.17) is 9.47 Å². The number of carbonyl (C=O) groups is 2. The van der Waals surface area contributed by atoms with Crippen LogP contribution in [0.1, 0.15) is 29.5 Å². The number of carbonyl (C=O) groups excluding carboxylic acids is 2. The number of nitrogens with zero attached hydrogens (tertiary/aromatic N) is 2. The Morgan fingerprint density at radius 1 is 0.974 bits per heavy atom. The number of benzene rings is 3. The van der Waals surface area contributed by atoms with Crippen molar-refractivity contribution in [3.8, 4) is 11.5 Å². The van der Waals surface area contributed by atoms with Crippen molar-refractivity contribution in [1.82, 2.24) is 10.2 Å². The van der Waals surface area contributed by atoms with E-state index in [1.165, 1.54) is 32.4 Å². The lowest BCUT2D eigenvalue weighted by molar-refractivity contribution is -0.128. The molecule has 0 aliphatic carbocycles. The van der Waals surface area contributed by atoms with Gasteiger partial charge in [0.15, 0.2) is 0 Å². The van der Waals surface area contributed by atoms with Crippen molar-refractivity contribution in [3.05, 3.63) is 83.4 Å². The van der Waals surface area contributed by atoms with Crippen molar-refractivity contribution in [2.75, 3.05) is 31.6 Å². The molecule has 39 heavy (non-hydrogen) atoms. The summed E-state index contributed by atoms with van der Waals surface area (Å²) in [5, 5.41) is 2.82.